The van der Waals surface area contributed by atoms with E-state index in [4.69, 9.17) is 4.74 Å². The summed E-state index contributed by atoms with van der Waals surface area (Å²) in [6.45, 7) is 3.26. The van der Waals surface area contributed by atoms with Crippen molar-refractivity contribution in [3.8, 4) is 0 Å². The van der Waals surface area contributed by atoms with E-state index < -0.39 is 0 Å². The summed E-state index contributed by atoms with van der Waals surface area (Å²) in [5.74, 6) is 0. The first kappa shape index (κ1) is 11.0. The lowest BCUT2D eigenvalue weighted by Gasteiger charge is -2.18. The van der Waals surface area contributed by atoms with Crippen molar-refractivity contribution in [1.82, 2.24) is 0 Å². The standard InChI is InChI=1S/C12H24O/c1-2-9-12-10-7-5-3-4-6-8-11-13-12/h12H,2-11H2,1H3. The minimum absolute atomic E-state index is 0.572. The van der Waals surface area contributed by atoms with Gasteiger partial charge in [0.1, 0.15) is 0 Å². The number of rotatable bonds is 2. The summed E-state index contributed by atoms with van der Waals surface area (Å²) in [5.41, 5.74) is 0. The van der Waals surface area contributed by atoms with Crippen LogP contribution in [0, 0.1) is 0 Å². The van der Waals surface area contributed by atoms with Gasteiger partial charge in [0.15, 0.2) is 0 Å². The maximum Gasteiger partial charge on any atom is 0.0575 e. The second-order valence-corrected chi connectivity index (χ2v) is 4.19. The van der Waals surface area contributed by atoms with Gasteiger partial charge in [-0.3, -0.25) is 0 Å². The molecule has 0 bridgehead atoms. The van der Waals surface area contributed by atoms with Crippen LogP contribution in [0.3, 0.4) is 0 Å². The highest BCUT2D eigenvalue weighted by molar-refractivity contribution is 4.60. The Morgan fingerprint density at radius 2 is 1.69 bits per heavy atom. The van der Waals surface area contributed by atoms with Crippen LogP contribution < -0.4 is 0 Å². The molecule has 0 amide bonds. The van der Waals surface area contributed by atoms with Crippen molar-refractivity contribution in [3.63, 3.8) is 0 Å². The van der Waals surface area contributed by atoms with Crippen molar-refractivity contribution in [2.24, 2.45) is 0 Å². The summed E-state index contributed by atoms with van der Waals surface area (Å²) in [7, 11) is 0. The van der Waals surface area contributed by atoms with Crippen LogP contribution in [0.2, 0.25) is 0 Å². The first-order valence-electron chi connectivity index (χ1n) is 6.05. The first-order valence-corrected chi connectivity index (χ1v) is 6.05. The van der Waals surface area contributed by atoms with Crippen LogP contribution in [-0.4, -0.2) is 12.7 Å². The van der Waals surface area contributed by atoms with Crippen LogP contribution in [-0.2, 0) is 4.74 Å². The molecule has 1 nitrogen and oxygen atoms in total. The van der Waals surface area contributed by atoms with Gasteiger partial charge in [-0.25, -0.2) is 0 Å². The monoisotopic (exact) mass is 184 g/mol. The second kappa shape index (κ2) is 7.37. The van der Waals surface area contributed by atoms with Crippen LogP contribution in [0.15, 0.2) is 0 Å². The van der Waals surface area contributed by atoms with Gasteiger partial charge in [0.25, 0.3) is 0 Å². The topological polar surface area (TPSA) is 9.23 Å². The molecule has 1 heterocycles. The molecule has 78 valence electrons. The molecule has 1 heteroatoms. The lowest BCUT2D eigenvalue weighted by atomic mass is 10.0. The third-order valence-electron chi connectivity index (χ3n) is 2.88. The fourth-order valence-electron chi connectivity index (χ4n) is 2.06. The van der Waals surface area contributed by atoms with E-state index in [9.17, 15) is 0 Å². The minimum atomic E-state index is 0.572. The van der Waals surface area contributed by atoms with Crippen molar-refractivity contribution in [1.29, 1.82) is 0 Å². The van der Waals surface area contributed by atoms with Gasteiger partial charge in [0.05, 0.1) is 6.10 Å². The molecule has 0 aromatic carbocycles. The lowest BCUT2D eigenvalue weighted by molar-refractivity contribution is 0.0350. The van der Waals surface area contributed by atoms with E-state index in [0.717, 1.165) is 6.61 Å². The maximum absolute atomic E-state index is 5.86. The molecule has 0 N–H and O–H groups in total. The summed E-state index contributed by atoms with van der Waals surface area (Å²) < 4.78 is 5.86. The molecule has 0 saturated carbocycles. The van der Waals surface area contributed by atoms with Gasteiger partial charge in [-0.1, -0.05) is 45.4 Å². The summed E-state index contributed by atoms with van der Waals surface area (Å²) in [6, 6.07) is 0. The number of hydrogen-bond donors (Lipinski definition) is 0. The summed E-state index contributed by atoms with van der Waals surface area (Å²) in [4.78, 5) is 0. The first-order chi connectivity index (χ1) is 6.43. The van der Waals surface area contributed by atoms with E-state index in [-0.39, 0.29) is 0 Å². The molecule has 1 saturated heterocycles. The van der Waals surface area contributed by atoms with E-state index >= 15 is 0 Å². The molecule has 0 radical (unpaired) electrons. The maximum atomic E-state index is 5.86. The summed E-state index contributed by atoms with van der Waals surface area (Å²) >= 11 is 0. The zero-order chi connectivity index (χ0) is 9.36. The average molecular weight is 184 g/mol. The Labute approximate surface area is 82.9 Å². The normalized spacial score (nSPS) is 27.0. The molecule has 0 aliphatic carbocycles. The van der Waals surface area contributed by atoms with Gasteiger partial charge in [-0.05, 0) is 19.3 Å². The lowest BCUT2D eigenvalue weighted by Crippen LogP contribution is -2.14. The van der Waals surface area contributed by atoms with Crippen molar-refractivity contribution in [2.45, 2.75) is 70.8 Å². The Morgan fingerprint density at radius 1 is 1.00 bits per heavy atom. The number of ether oxygens (including phenoxy) is 1. The molecule has 1 unspecified atom stereocenters. The largest absolute Gasteiger partial charge is 0.378 e. The molecule has 13 heavy (non-hydrogen) atoms. The molecule has 1 fully saturated rings. The predicted octanol–water partition coefficient (Wildman–Crippen LogP) is 3.92. The quantitative estimate of drug-likeness (QED) is 0.632. The fourth-order valence-corrected chi connectivity index (χ4v) is 2.06. The molecular formula is C12H24O. The zero-order valence-electron chi connectivity index (χ0n) is 9.06. The molecule has 1 aliphatic rings. The van der Waals surface area contributed by atoms with Crippen LogP contribution in [0.1, 0.15) is 64.7 Å². The van der Waals surface area contributed by atoms with E-state index in [1.807, 2.05) is 0 Å². The smallest absolute Gasteiger partial charge is 0.0575 e. The Bertz CT molecular complexity index is 102. The van der Waals surface area contributed by atoms with Crippen molar-refractivity contribution in [2.75, 3.05) is 6.61 Å². The molecule has 1 aliphatic heterocycles. The van der Waals surface area contributed by atoms with E-state index in [1.54, 1.807) is 0 Å². The highest BCUT2D eigenvalue weighted by Crippen LogP contribution is 2.16. The van der Waals surface area contributed by atoms with E-state index in [1.165, 1.54) is 57.8 Å². The van der Waals surface area contributed by atoms with Crippen molar-refractivity contribution < 1.29 is 4.74 Å². The van der Waals surface area contributed by atoms with Crippen LogP contribution >= 0.6 is 0 Å². The Kier molecular flexibility index (Phi) is 6.26. The van der Waals surface area contributed by atoms with Gasteiger partial charge in [0, 0.05) is 6.61 Å². The highest BCUT2D eigenvalue weighted by Gasteiger charge is 2.08. The average Bonchev–Trinajstić information content (AvgIpc) is 2.16. The Balaban J connectivity index is 2.18. The van der Waals surface area contributed by atoms with Crippen LogP contribution in [0.4, 0.5) is 0 Å². The van der Waals surface area contributed by atoms with Crippen molar-refractivity contribution >= 4 is 0 Å². The fraction of sp³-hybridized carbons (Fsp3) is 1.00. The third-order valence-corrected chi connectivity index (χ3v) is 2.88. The van der Waals surface area contributed by atoms with Crippen LogP contribution in [0.5, 0.6) is 0 Å². The summed E-state index contributed by atoms with van der Waals surface area (Å²) in [5, 5.41) is 0. The Morgan fingerprint density at radius 3 is 2.46 bits per heavy atom. The van der Waals surface area contributed by atoms with Crippen LogP contribution in [0.25, 0.3) is 0 Å². The molecule has 0 aromatic heterocycles. The molecule has 0 aromatic rings. The molecule has 0 spiro atoms. The van der Waals surface area contributed by atoms with Crippen molar-refractivity contribution in [3.05, 3.63) is 0 Å². The molecule has 1 rings (SSSR count). The molecule has 1 atom stereocenters. The zero-order valence-corrected chi connectivity index (χ0v) is 9.06. The highest BCUT2D eigenvalue weighted by atomic mass is 16.5. The SMILES string of the molecule is CCCC1CCCCCCCCO1. The Hall–Kier alpha value is -0.0400. The third kappa shape index (κ3) is 5.30. The van der Waals surface area contributed by atoms with Gasteiger partial charge < -0.3 is 4.74 Å². The van der Waals surface area contributed by atoms with Gasteiger partial charge in [-0.15, -0.1) is 0 Å². The van der Waals surface area contributed by atoms with Gasteiger partial charge in [0.2, 0.25) is 0 Å². The minimum Gasteiger partial charge on any atom is -0.378 e. The van der Waals surface area contributed by atoms with Gasteiger partial charge >= 0.3 is 0 Å². The predicted molar refractivity (Wildman–Crippen MR) is 57.0 cm³/mol. The van der Waals surface area contributed by atoms with E-state index in [2.05, 4.69) is 6.92 Å². The number of hydrogen-bond acceptors (Lipinski definition) is 1. The second-order valence-electron chi connectivity index (χ2n) is 4.19. The van der Waals surface area contributed by atoms with E-state index in [0.29, 0.717) is 6.10 Å². The van der Waals surface area contributed by atoms with Gasteiger partial charge in [-0.2, -0.15) is 0 Å². The summed E-state index contributed by atoms with van der Waals surface area (Å²) in [6.07, 6.45) is 12.7. The molecular weight excluding hydrogens is 160 g/mol.